The molecule has 15 heavy (non-hydrogen) atoms. The number of aryl methyl sites for hydroxylation is 1. The Morgan fingerprint density at radius 2 is 1.93 bits per heavy atom. The second-order valence-corrected chi connectivity index (χ2v) is 3.52. The molecule has 0 saturated carbocycles. The number of methoxy groups -OCH3 is 1. The molecule has 1 aromatic carbocycles. The van der Waals surface area contributed by atoms with Gasteiger partial charge in [0.15, 0.2) is 0 Å². The molecule has 0 spiro atoms. The van der Waals surface area contributed by atoms with Gasteiger partial charge >= 0.3 is 0 Å². The number of amides is 1. The van der Waals surface area contributed by atoms with Crippen LogP contribution in [0.5, 0.6) is 5.75 Å². The van der Waals surface area contributed by atoms with Gasteiger partial charge in [0, 0.05) is 6.42 Å². The monoisotopic (exact) mass is 207 g/mol. The summed E-state index contributed by atoms with van der Waals surface area (Å²) in [5.74, 6) is 0.653. The average molecular weight is 207 g/mol. The van der Waals surface area contributed by atoms with E-state index in [1.165, 1.54) is 5.56 Å². The largest absolute Gasteiger partial charge is 0.497 e. The first-order valence-electron chi connectivity index (χ1n) is 5.13. The lowest BCUT2D eigenvalue weighted by Crippen LogP contribution is -2.09. The van der Waals surface area contributed by atoms with Crippen LogP contribution in [0.1, 0.15) is 24.8 Å². The van der Waals surface area contributed by atoms with E-state index in [1.807, 2.05) is 24.3 Å². The highest BCUT2D eigenvalue weighted by Gasteiger charge is 1.97. The fourth-order valence-corrected chi connectivity index (χ4v) is 1.42. The summed E-state index contributed by atoms with van der Waals surface area (Å²) in [6.45, 7) is 0. The zero-order chi connectivity index (χ0) is 11.1. The van der Waals surface area contributed by atoms with E-state index in [0.29, 0.717) is 6.42 Å². The van der Waals surface area contributed by atoms with Crippen molar-refractivity contribution in [3.63, 3.8) is 0 Å². The summed E-state index contributed by atoms with van der Waals surface area (Å²) < 4.78 is 5.07. The first-order valence-corrected chi connectivity index (χ1v) is 5.13. The Morgan fingerprint density at radius 3 is 2.47 bits per heavy atom. The lowest BCUT2D eigenvalue weighted by atomic mass is 10.1. The quantitative estimate of drug-likeness (QED) is 0.724. The number of rotatable bonds is 6. The zero-order valence-corrected chi connectivity index (χ0v) is 9.03. The molecule has 0 unspecified atom stereocenters. The van der Waals surface area contributed by atoms with E-state index in [1.54, 1.807) is 7.11 Å². The number of primary amides is 1. The Labute approximate surface area is 90.2 Å². The summed E-state index contributed by atoms with van der Waals surface area (Å²) in [4.78, 5) is 10.5. The molecule has 0 aromatic heterocycles. The minimum absolute atomic E-state index is 0.218. The van der Waals surface area contributed by atoms with Gasteiger partial charge in [0.2, 0.25) is 5.91 Å². The molecule has 0 saturated heterocycles. The van der Waals surface area contributed by atoms with Gasteiger partial charge in [-0.3, -0.25) is 4.79 Å². The molecular formula is C12H17NO2. The first kappa shape index (κ1) is 11.6. The maximum atomic E-state index is 10.5. The Balaban J connectivity index is 2.28. The minimum atomic E-state index is -0.218. The van der Waals surface area contributed by atoms with Crippen LogP contribution in [0.15, 0.2) is 24.3 Å². The number of hydrogen-bond donors (Lipinski definition) is 1. The average Bonchev–Trinajstić information content (AvgIpc) is 2.25. The summed E-state index contributed by atoms with van der Waals surface area (Å²) in [6.07, 6.45) is 3.32. The Bertz CT molecular complexity index is 306. The molecule has 3 nitrogen and oxygen atoms in total. The topological polar surface area (TPSA) is 52.3 Å². The third-order valence-corrected chi connectivity index (χ3v) is 2.30. The fraction of sp³-hybridized carbons (Fsp3) is 0.417. The molecule has 0 aliphatic carbocycles. The van der Waals surface area contributed by atoms with E-state index < -0.39 is 0 Å². The number of hydrogen-bond acceptors (Lipinski definition) is 2. The summed E-state index contributed by atoms with van der Waals surface area (Å²) in [5.41, 5.74) is 6.32. The van der Waals surface area contributed by atoms with Gasteiger partial charge in [-0.05, 0) is 37.0 Å². The van der Waals surface area contributed by atoms with Crippen LogP contribution < -0.4 is 10.5 Å². The SMILES string of the molecule is COc1ccc(CCCCC(N)=O)cc1. The van der Waals surface area contributed by atoms with Gasteiger partial charge in [-0.2, -0.15) is 0 Å². The predicted molar refractivity (Wildman–Crippen MR) is 59.7 cm³/mol. The highest BCUT2D eigenvalue weighted by atomic mass is 16.5. The van der Waals surface area contributed by atoms with Crippen molar-refractivity contribution in [1.29, 1.82) is 0 Å². The lowest BCUT2D eigenvalue weighted by molar-refractivity contribution is -0.118. The van der Waals surface area contributed by atoms with E-state index in [0.717, 1.165) is 25.0 Å². The van der Waals surface area contributed by atoms with Gasteiger partial charge in [-0.1, -0.05) is 12.1 Å². The van der Waals surface area contributed by atoms with Gasteiger partial charge in [-0.15, -0.1) is 0 Å². The van der Waals surface area contributed by atoms with Gasteiger partial charge < -0.3 is 10.5 Å². The van der Waals surface area contributed by atoms with Gasteiger partial charge in [0.05, 0.1) is 7.11 Å². The molecular weight excluding hydrogens is 190 g/mol. The van der Waals surface area contributed by atoms with Crippen LogP contribution in [0.3, 0.4) is 0 Å². The predicted octanol–water partition coefficient (Wildman–Crippen LogP) is 1.89. The van der Waals surface area contributed by atoms with Gasteiger partial charge in [0.1, 0.15) is 5.75 Å². The molecule has 1 aromatic rings. The van der Waals surface area contributed by atoms with Crippen LogP contribution in [0.25, 0.3) is 0 Å². The zero-order valence-electron chi connectivity index (χ0n) is 9.03. The molecule has 3 heteroatoms. The molecule has 0 radical (unpaired) electrons. The molecule has 0 aliphatic heterocycles. The molecule has 0 fully saturated rings. The molecule has 0 bridgehead atoms. The fourth-order valence-electron chi connectivity index (χ4n) is 1.42. The van der Waals surface area contributed by atoms with Crippen molar-refractivity contribution in [2.45, 2.75) is 25.7 Å². The number of carbonyl (C=O) groups excluding carboxylic acids is 1. The summed E-state index contributed by atoms with van der Waals surface area (Å²) in [5, 5.41) is 0. The van der Waals surface area contributed by atoms with Crippen LogP contribution in [-0.4, -0.2) is 13.0 Å². The minimum Gasteiger partial charge on any atom is -0.497 e. The normalized spacial score (nSPS) is 9.93. The highest BCUT2D eigenvalue weighted by molar-refractivity contribution is 5.73. The third kappa shape index (κ3) is 4.49. The number of nitrogens with two attached hydrogens (primary N) is 1. The summed E-state index contributed by atoms with van der Waals surface area (Å²) >= 11 is 0. The van der Waals surface area contributed by atoms with Crippen molar-refractivity contribution < 1.29 is 9.53 Å². The van der Waals surface area contributed by atoms with Crippen molar-refractivity contribution in [3.05, 3.63) is 29.8 Å². The molecule has 1 rings (SSSR count). The van der Waals surface area contributed by atoms with Crippen molar-refractivity contribution in [1.82, 2.24) is 0 Å². The third-order valence-electron chi connectivity index (χ3n) is 2.30. The maximum Gasteiger partial charge on any atom is 0.217 e. The van der Waals surface area contributed by atoms with E-state index in [9.17, 15) is 4.79 Å². The molecule has 0 heterocycles. The lowest BCUT2D eigenvalue weighted by Gasteiger charge is -2.02. The number of benzene rings is 1. The summed E-state index contributed by atoms with van der Waals surface area (Å²) in [7, 11) is 1.65. The number of unbranched alkanes of at least 4 members (excludes halogenated alkanes) is 1. The van der Waals surface area contributed by atoms with Crippen LogP contribution in [-0.2, 0) is 11.2 Å². The van der Waals surface area contributed by atoms with E-state index in [4.69, 9.17) is 10.5 Å². The maximum absolute atomic E-state index is 10.5. The Morgan fingerprint density at radius 1 is 1.27 bits per heavy atom. The smallest absolute Gasteiger partial charge is 0.217 e. The standard InChI is InChI=1S/C12H17NO2/c1-15-11-8-6-10(7-9-11)4-2-3-5-12(13)14/h6-9H,2-5H2,1H3,(H2,13,14). The van der Waals surface area contributed by atoms with Crippen LogP contribution in [0, 0.1) is 0 Å². The van der Waals surface area contributed by atoms with E-state index in [2.05, 4.69) is 0 Å². The number of carbonyl (C=O) groups is 1. The van der Waals surface area contributed by atoms with Crippen molar-refractivity contribution >= 4 is 5.91 Å². The Kier molecular flexibility index (Phi) is 4.68. The van der Waals surface area contributed by atoms with Crippen LogP contribution >= 0.6 is 0 Å². The Hall–Kier alpha value is -1.51. The van der Waals surface area contributed by atoms with E-state index in [-0.39, 0.29) is 5.91 Å². The molecule has 0 aliphatic rings. The van der Waals surface area contributed by atoms with Gasteiger partial charge in [0.25, 0.3) is 0 Å². The summed E-state index contributed by atoms with van der Waals surface area (Å²) in [6, 6.07) is 7.99. The van der Waals surface area contributed by atoms with Crippen molar-refractivity contribution in [3.8, 4) is 5.75 Å². The number of ether oxygens (including phenoxy) is 1. The second kappa shape index (κ2) is 6.06. The van der Waals surface area contributed by atoms with Crippen molar-refractivity contribution in [2.75, 3.05) is 7.11 Å². The molecule has 1 amide bonds. The van der Waals surface area contributed by atoms with Crippen LogP contribution in [0.4, 0.5) is 0 Å². The van der Waals surface area contributed by atoms with E-state index >= 15 is 0 Å². The first-order chi connectivity index (χ1) is 7.22. The highest BCUT2D eigenvalue weighted by Crippen LogP contribution is 2.13. The van der Waals surface area contributed by atoms with Crippen molar-refractivity contribution in [2.24, 2.45) is 5.73 Å². The molecule has 82 valence electrons. The second-order valence-electron chi connectivity index (χ2n) is 3.52. The van der Waals surface area contributed by atoms with Crippen LogP contribution in [0.2, 0.25) is 0 Å². The molecule has 0 atom stereocenters. The van der Waals surface area contributed by atoms with Gasteiger partial charge in [-0.25, -0.2) is 0 Å². The molecule has 2 N–H and O–H groups in total.